The number of hydrogen-bond acceptors (Lipinski definition) is 8. The number of nitrogen functional groups attached to an aromatic ring is 1. The van der Waals surface area contributed by atoms with Gasteiger partial charge in [-0.15, -0.1) is 0 Å². The number of ether oxygens (including phenoxy) is 1. The van der Waals surface area contributed by atoms with Crippen LogP contribution in [0.1, 0.15) is 24.2 Å². The summed E-state index contributed by atoms with van der Waals surface area (Å²) in [6.07, 6.45) is 1.16. The van der Waals surface area contributed by atoms with E-state index in [1.54, 1.807) is 36.1 Å². The van der Waals surface area contributed by atoms with E-state index in [4.69, 9.17) is 10.5 Å². The number of aromatic nitrogens is 2. The molecule has 9 nitrogen and oxygen atoms in total. The van der Waals surface area contributed by atoms with Crippen molar-refractivity contribution in [3.05, 3.63) is 36.2 Å². The van der Waals surface area contributed by atoms with Crippen molar-refractivity contribution in [2.45, 2.75) is 13.8 Å². The SMILES string of the molecule is CCOC(=O)N1CCN(c2ncnc(Nc3ccc(C(C)=O)cc3)c2N)CC1. The van der Waals surface area contributed by atoms with Crippen molar-refractivity contribution < 1.29 is 14.3 Å². The van der Waals surface area contributed by atoms with E-state index in [9.17, 15) is 9.59 Å². The molecule has 0 atom stereocenters. The van der Waals surface area contributed by atoms with Crippen LogP contribution >= 0.6 is 0 Å². The minimum atomic E-state index is -0.297. The second-order valence-electron chi connectivity index (χ2n) is 6.39. The van der Waals surface area contributed by atoms with Gasteiger partial charge in [0.15, 0.2) is 17.4 Å². The van der Waals surface area contributed by atoms with E-state index < -0.39 is 0 Å². The molecule has 2 aromatic rings. The van der Waals surface area contributed by atoms with Gasteiger partial charge in [-0.2, -0.15) is 0 Å². The molecule has 3 rings (SSSR count). The van der Waals surface area contributed by atoms with E-state index in [2.05, 4.69) is 15.3 Å². The summed E-state index contributed by atoms with van der Waals surface area (Å²) >= 11 is 0. The Bertz CT molecular complexity index is 847. The van der Waals surface area contributed by atoms with E-state index in [0.717, 1.165) is 5.69 Å². The van der Waals surface area contributed by atoms with Gasteiger partial charge in [-0.1, -0.05) is 0 Å². The smallest absolute Gasteiger partial charge is 0.409 e. The Labute approximate surface area is 163 Å². The zero-order valence-electron chi connectivity index (χ0n) is 16.0. The van der Waals surface area contributed by atoms with Crippen LogP contribution in [-0.4, -0.2) is 59.5 Å². The summed E-state index contributed by atoms with van der Waals surface area (Å²) in [6.45, 7) is 5.96. The Balaban J connectivity index is 1.69. The first-order valence-corrected chi connectivity index (χ1v) is 9.14. The molecule has 1 aliphatic heterocycles. The van der Waals surface area contributed by atoms with Crippen LogP contribution in [0.25, 0.3) is 0 Å². The number of nitrogens with one attached hydrogen (secondary N) is 1. The van der Waals surface area contributed by atoms with Crippen LogP contribution in [0.15, 0.2) is 30.6 Å². The number of nitrogens with two attached hydrogens (primary N) is 1. The predicted octanol–water partition coefficient (Wildman–Crippen LogP) is 2.28. The Morgan fingerprint density at radius 3 is 2.43 bits per heavy atom. The number of rotatable bonds is 5. The quantitative estimate of drug-likeness (QED) is 0.755. The number of ketones is 1. The van der Waals surface area contributed by atoms with Crippen molar-refractivity contribution in [3.63, 3.8) is 0 Å². The zero-order valence-corrected chi connectivity index (χ0v) is 16.0. The third-order valence-corrected chi connectivity index (χ3v) is 4.52. The molecule has 0 aliphatic carbocycles. The Morgan fingerprint density at radius 2 is 1.82 bits per heavy atom. The van der Waals surface area contributed by atoms with Gasteiger partial charge >= 0.3 is 6.09 Å². The molecule has 1 saturated heterocycles. The van der Waals surface area contributed by atoms with Gasteiger partial charge in [0.2, 0.25) is 0 Å². The minimum absolute atomic E-state index is 0.0114. The van der Waals surface area contributed by atoms with Gasteiger partial charge in [-0.05, 0) is 38.1 Å². The van der Waals surface area contributed by atoms with Gasteiger partial charge in [0.1, 0.15) is 12.0 Å². The van der Waals surface area contributed by atoms with Crippen molar-refractivity contribution in [1.29, 1.82) is 0 Å². The lowest BCUT2D eigenvalue weighted by Crippen LogP contribution is -2.49. The highest BCUT2D eigenvalue weighted by Crippen LogP contribution is 2.29. The monoisotopic (exact) mass is 384 g/mol. The second-order valence-corrected chi connectivity index (χ2v) is 6.39. The summed E-state index contributed by atoms with van der Waals surface area (Å²) in [7, 11) is 0. The standard InChI is InChI=1S/C19H24N6O3/c1-3-28-19(27)25-10-8-24(9-11-25)18-16(20)17(21-12-22-18)23-15-6-4-14(5-7-15)13(2)26/h4-7,12H,3,8-11,20H2,1-2H3,(H,21,22,23). The van der Waals surface area contributed by atoms with E-state index in [-0.39, 0.29) is 11.9 Å². The molecule has 2 heterocycles. The average molecular weight is 384 g/mol. The predicted molar refractivity (Wildman–Crippen MR) is 107 cm³/mol. The molecule has 1 aliphatic rings. The first-order chi connectivity index (χ1) is 13.5. The van der Waals surface area contributed by atoms with Crippen LogP contribution in [0, 0.1) is 0 Å². The highest BCUT2D eigenvalue weighted by Gasteiger charge is 2.24. The lowest BCUT2D eigenvalue weighted by molar-refractivity contribution is 0.101. The molecule has 1 aromatic heterocycles. The Morgan fingerprint density at radius 1 is 1.14 bits per heavy atom. The number of nitrogens with zero attached hydrogens (tertiary/aromatic N) is 4. The van der Waals surface area contributed by atoms with Crippen molar-refractivity contribution in [2.24, 2.45) is 0 Å². The largest absolute Gasteiger partial charge is 0.450 e. The van der Waals surface area contributed by atoms with Crippen LogP contribution in [0.5, 0.6) is 0 Å². The second kappa shape index (κ2) is 8.55. The van der Waals surface area contributed by atoms with Crippen LogP contribution in [-0.2, 0) is 4.74 Å². The fourth-order valence-corrected chi connectivity index (χ4v) is 2.98. The van der Waals surface area contributed by atoms with Gasteiger partial charge in [0.25, 0.3) is 0 Å². The fourth-order valence-electron chi connectivity index (χ4n) is 2.98. The van der Waals surface area contributed by atoms with Crippen molar-refractivity contribution in [2.75, 3.05) is 48.7 Å². The lowest BCUT2D eigenvalue weighted by Gasteiger charge is -2.35. The van der Waals surface area contributed by atoms with Gasteiger partial charge in [0, 0.05) is 37.4 Å². The van der Waals surface area contributed by atoms with E-state index >= 15 is 0 Å². The van der Waals surface area contributed by atoms with Crippen LogP contribution in [0.3, 0.4) is 0 Å². The number of benzene rings is 1. The maximum absolute atomic E-state index is 11.8. The summed E-state index contributed by atoms with van der Waals surface area (Å²) in [6, 6.07) is 7.10. The van der Waals surface area contributed by atoms with Crippen LogP contribution < -0.4 is 16.0 Å². The maximum atomic E-state index is 11.8. The molecule has 9 heteroatoms. The minimum Gasteiger partial charge on any atom is -0.450 e. The number of amides is 1. The average Bonchev–Trinajstić information content (AvgIpc) is 2.70. The number of anilines is 4. The molecular weight excluding hydrogens is 360 g/mol. The third-order valence-electron chi connectivity index (χ3n) is 4.52. The number of carbonyl (C=O) groups excluding carboxylic acids is 2. The topological polar surface area (TPSA) is 114 Å². The molecule has 1 amide bonds. The Hall–Kier alpha value is -3.36. The first kappa shape index (κ1) is 19.4. The summed E-state index contributed by atoms with van der Waals surface area (Å²) in [4.78, 5) is 35.5. The van der Waals surface area contributed by atoms with Crippen LogP contribution in [0.2, 0.25) is 0 Å². The molecule has 1 fully saturated rings. The summed E-state index contributed by atoms with van der Waals surface area (Å²) in [5.74, 6) is 1.13. The summed E-state index contributed by atoms with van der Waals surface area (Å²) < 4.78 is 5.04. The summed E-state index contributed by atoms with van der Waals surface area (Å²) in [5.41, 5.74) is 8.14. The van der Waals surface area contributed by atoms with E-state index in [1.807, 2.05) is 4.90 Å². The molecule has 3 N–H and O–H groups in total. The molecule has 28 heavy (non-hydrogen) atoms. The molecule has 148 valence electrons. The van der Waals surface area contributed by atoms with Crippen molar-refractivity contribution in [3.8, 4) is 0 Å². The van der Waals surface area contributed by atoms with Crippen LogP contribution in [0.4, 0.5) is 27.8 Å². The number of piperazine rings is 1. The first-order valence-electron chi connectivity index (χ1n) is 9.14. The maximum Gasteiger partial charge on any atom is 0.409 e. The normalized spacial score (nSPS) is 13.9. The van der Waals surface area contributed by atoms with Gasteiger partial charge < -0.3 is 25.6 Å². The van der Waals surface area contributed by atoms with Crippen molar-refractivity contribution >= 4 is 34.9 Å². The van der Waals surface area contributed by atoms with Gasteiger partial charge in [-0.3, -0.25) is 4.79 Å². The number of Topliss-reactive ketones (excluding diaryl/α,β-unsaturated/α-hetero) is 1. The molecule has 0 spiro atoms. The molecule has 0 radical (unpaired) electrons. The van der Waals surface area contributed by atoms with Gasteiger partial charge in [-0.25, -0.2) is 14.8 Å². The lowest BCUT2D eigenvalue weighted by atomic mass is 10.1. The highest BCUT2D eigenvalue weighted by atomic mass is 16.6. The third kappa shape index (κ3) is 4.30. The van der Waals surface area contributed by atoms with E-state index in [0.29, 0.717) is 55.7 Å². The summed E-state index contributed by atoms with van der Waals surface area (Å²) in [5, 5.41) is 3.16. The molecule has 1 aromatic carbocycles. The Kier molecular flexibility index (Phi) is 5.93. The molecular formula is C19H24N6O3. The molecule has 0 saturated carbocycles. The van der Waals surface area contributed by atoms with E-state index in [1.165, 1.54) is 13.3 Å². The number of hydrogen-bond donors (Lipinski definition) is 2. The fraction of sp³-hybridized carbons (Fsp3) is 0.368. The molecule has 0 unspecified atom stereocenters. The molecule has 0 bridgehead atoms. The van der Waals surface area contributed by atoms with Crippen molar-refractivity contribution in [1.82, 2.24) is 14.9 Å². The zero-order chi connectivity index (χ0) is 20.1. The van der Waals surface area contributed by atoms with Gasteiger partial charge in [0.05, 0.1) is 6.61 Å². The highest BCUT2D eigenvalue weighted by molar-refractivity contribution is 5.94. The number of carbonyl (C=O) groups is 2.